The van der Waals surface area contributed by atoms with Gasteiger partial charge in [0.1, 0.15) is 12.4 Å². The second-order valence-electron chi connectivity index (χ2n) is 4.87. The van der Waals surface area contributed by atoms with Crippen molar-refractivity contribution in [3.8, 4) is 5.75 Å². The van der Waals surface area contributed by atoms with E-state index in [0.717, 1.165) is 22.6 Å². The molecule has 1 aromatic rings. The summed E-state index contributed by atoms with van der Waals surface area (Å²) in [5.41, 5.74) is 2.61. The van der Waals surface area contributed by atoms with Crippen LogP contribution in [0, 0.1) is 13.8 Å². The van der Waals surface area contributed by atoms with Crippen LogP contribution in [-0.2, 0) is 11.2 Å². The van der Waals surface area contributed by atoms with Crippen molar-refractivity contribution in [2.45, 2.75) is 32.5 Å². The van der Waals surface area contributed by atoms with Crippen molar-refractivity contribution in [3.05, 3.63) is 23.0 Å². The number of likely N-dealkylation sites (N-methyl/N-ethyl adjacent to an activating group) is 1. The summed E-state index contributed by atoms with van der Waals surface area (Å²) >= 11 is 0. The van der Waals surface area contributed by atoms with Crippen molar-refractivity contribution < 1.29 is 22.6 Å². The van der Waals surface area contributed by atoms with E-state index in [-0.39, 0.29) is 12.6 Å². The van der Waals surface area contributed by atoms with Crippen LogP contribution in [-0.4, -0.2) is 44.6 Å². The summed E-state index contributed by atoms with van der Waals surface area (Å²) in [5, 5.41) is 2.94. The van der Waals surface area contributed by atoms with Gasteiger partial charge in [0, 0.05) is 35.5 Å². The summed E-state index contributed by atoms with van der Waals surface area (Å²) in [4.78, 5) is 4.33. The molecule has 1 atom stereocenters. The number of halogens is 3. The lowest BCUT2D eigenvalue weighted by Crippen LogP contribution is -2.34. The lowest BCUT2D eigenvalue weighted by atomic mass is 10.0. The highest BCUT2D eigenvalue weighted by atomic mass is 19.4. The van der Waals surface area contributed by atoms with Crippen LogP contribution in [0.25, 0.3) is 0 Å². The molecule has 0 fully saturated rings. The van der Waals surface area contributed by atoms with Gasteiger partial charge in [0.25, 0.3) is 0 Å². The van der Waals surface area contributed by atoms with E-state index in [0.29, 0.717) is 6.42 Å². The number of ether oxygens (including phenoxy) is 2. The third kappa shape index (κ3) is 5.51. The van der Waals surface area contributed by atoms with Crippen LogP contribution in [0.5, 0.6) is 5.75 Å². The van der Waals surface area contributed by atoms with Gasteiger partial charge in [-0.1, -0.05) is 0 Å². The van der Waals surface area contributed by atoms with Crippen LogP contribution in [0.3, 0.4) is 0 Å². The Morgan fingerprint density at radius 2 is 2.00 bits per heavy atom. The molecule has 0 spiro atoms. The lowest BCUT2D eigenvalue weighted by molar-refractivity contribution is -0.175. The zero-order chi connectivity index (χ0) is 16.0. The molecular formula is C14H21F3N2O2. The lowest BCUT2D eigenvalue weighted by Gasteiger charge is -2.19. The van der Waals surface area contributed by atoms with E-state index in [1.54, 1.807) is 20.4 Å². The Morgan fingerprint density at radius 1 is 1.33 bits per heavy atom. The smallest absolute Gasteiger partial charge is 0.411 e. The molecule has 0 amide bonds. The van der Waals surface area contributed by atoms with E-state index in [2.05, 4.69) is 10.3 Å². The summed E-state index contributed by atoms with van der Waals surface area (Å²) in [6, 6.07) is -0.244. The van der Waals surface area contributed by atoms with E-state index in [9.17, 15) is 13.2 Å². The molecule has 1 N–H and O–H groups in total. The van der Waals surface area contributed by atoms with Gasteiger partial charge < -0.3 is 14.8 Å². The molecule has 0 aromatic carbocycles. The molecule has 1 aromatic heterocycles. The number of methoxy groups -OCH3 is 1. The van der Waals surface area contributed by atoms with Gasteiger partial charge in [-0.3, -0.25) is 4.98 Å². The largest absolute Gasteiger partial charge is 0.496 e. The molecule has 1 heterocycles. The summed E-state index contributed by atoms with van der Waals surface area (Å²) in [7, 11) is 3.27. The van der Waals surface area contributed by atoms with Crippen LogP contribution < -0.4 is 10.1 Å². The molecule has 0 saturated carbocycles. The highest BCUT2D eigenvalue weighted by Gasteiger charge is 2.28. The van der Waals surface area contributed by atoms with Crippen molar-refractivity contribution in [2.24, 2.45) is 0 Å². The Kier molecular flexibility index (Phi) is 6.42. The van der Waals surface area contributed by atoms with Gasteiger partial charge in [-0.25, -0.2) is 0 Å². The van der Waals surface area contributed by atoms with Gasteiger partial charge in [-0.15, -0.1) is 0 Å². The quantitative estimate of drug-likeness (QED) is 0.840. The summed E-state index contributed by atoms with van der Waals surface area (Å²) in [6.07, 6.45) is -2.14. The first-order valence-corrected chi connectivity index (χ1v) is 6.59. The predicted molar refractivity (Wildman–Crippen MR) is 73.7 cm³/mol. The fourth-order valence-corrected chi connectivity index (χ4v) is 2.07. The van der Waals surface area contributed by atoms with Crippen LogP contribution in [0.2, 0.25) is 0 Å². The zero-order valence-corrected chi connectivity index (χ0v) is 12.7. The van der Waals surface area contributed by atoms with Gasteiger partial charge in [0.05, 0.1) is 13.7 Å². The normalized spacial score (nSPS) is 13.3. The summed E-state index contributed by atoms with van der Waals surface area (Å²) in [5.74, 6) is 0.756. The SMILES string of the molecule is CNC(COCC(F)(F)F)Cc1ncc(C)c(OC)c1C. The molecule has 0 aliphatic carbocycles. The Balaban J connectivity index is 2.69. The topological polar surface area (TPSA) is 43.4 Å². The molecule has 0 bridgehead atoms. The van der Waals surface area contributed by atoms with Crippen LogP contribution in [0.15, 0.2) is 6.20 Å². The maximum absolute atomic E-state index is 12.1. The average molecular weight is 306 g/mol. The molecule has 120 valence electrons. The molecule has 7 heteroatoms. The van der Waals surface area contributed by atoms with Crippen molar-refractivity contribution in [1.29, 1.82) is 0 Å². The van der Waals surface area contributed by atoms with E-state index >= 15 is 0 Å². The fourth-order valence-electron chi connectivity index (χ4n) is 2.07. The van der Waals surface area contributed by atoms with Crippen molar-refractivity contribution >= 4 is 0 Å². The van der Waals surface area contributed by atoms with Gasteiger partial charge in [0.2, 0.25) is 0 Å². The monoisotopic (exact) mass is 306 g/mol. The van der Waals surface area contributed by atoms with Gasteiger partial charge in [0.15, 0.2) is 0 Å². The Labute approximate surface area is 122 Å². The highest BCUT2D eigenvalue weighted by molar-refractivity contribution is 5.41. The van der Waals surface area contributed by atoms with Gasteiger partial charge in [-0.2, -0.15) is 13.2 Å². The first kappa shape index (κ1) is 17.7. The van der Waals surface area contributed by atoms with E-state index in [4.69, 9.17) is 9.47 Å². The fraction of sp³-hybridized carbons (Fsp3) is 0.643. The minimum Gasteiger partial charge on any atom is -0.496 e. The van der Waals surface area contributed by atoms with E-state index < -0.39 is 12.8 Å². The number of aryl methyl sites for hydroxylation is 1. The number of pyridine rings is 1. The van der Waals surface area contributed by atoms with Crippen LogP contribution >= 0.6 is 0 Å². The van der Waals surface area contributed by atoms with Gasteiger partial charge >= 0.3 is 6.18 Å². The molecule has 1 rings (SSSR count). The zero-order valence-electron chi connectivity index (χ0n) is 12.7. The molecule has 0 aliphatic rings. The molecule has 1 unspecified atom stereocenters. The third-order valence-electron chi connectivity index (χ3n) is 3.18. The minimum absolute atomic E-state index is 0.0344. The van der Waals surface area contributed by atoms with Crippen LogP contribution in [0.4, 0.5) is 13.2 Å². The number of hydrogen-bond acceptors (Lipinski definition) is 4. The van der Waals surface area contributed by atoms with Crippen molar-refractivity contribution in [1.82, 2.24) is 10.3 Å². The Hall–Kier alpha value is -1.34. The number of hydrogen-bond donors (Lipinski definition) is 1. The van der Waals surface area contributed by atoms with E-state index in [1.165, 1.54) is 0 Å². The third-order valence-corrected chi connectivity index (χ3v) is 3.18. The predicted octanol–water partition coefficient (Wildman–Crippen LogP) is 2.42. The molecule has 0 saturated heterocycles. The number of nitrogens with zero attached hydrogens (tertiary/aromatic N) is 1. The van der Waals surface area contributed by atoms with Crippen molar-refractivity contribution in [2.75, 3.05) is 27.4 Å². The first-order chi connectivity index (χ1) is 9.78. The number of nitrogens with one attached hydrogen (secondary N) is 1. The Bertz CT molecular complexity index is 464. The maximum atomic E-state index is 12.1. The number of rotatable bonds is 7. The number of alkyl halides is 3. The average Bonchev–Trinajstić information content (AvgIpc) is 2.39. The molecular weight excluding hydrogens is 285 g/mol. The second kappa shape index (κ2) is 7.61. The number of aromatic nitrogens is 1. The molecule has 0 aliphatic heterocycles. The first-order valence-electron chi connectivity index (χ1n) is 6.59. The van der Waals surface area contributed by atoms with Gasteiger partial charge in [-0.05, 0) is 20.9 Å². The molecule has 4 nitrogen and oxygen atoms in total. The summed E-state index contributed by atoms with van der Waals surface area (Å²) < 4.78 is 46.2. The minimum atomic E-state index is -4.31. The van der Waals surface area contributed by atoms with Crippen LogP contribution in [0.1, 0.15) is 16.8 Å². The molecule has 21 heavy (non-hydrogen) atoms. The Morgan fingerprint density at radius 3 is 2.52 bits per heavy atom. The van der Waals surface area contributed by atoms with E-state index in [1.807, 2.05) is 13.8 Å². The standard InChI is InChI=1S/C14H21F3N2O2/c1-9-6-19-12(10(2)13(9)20-4)5-11(18-3)7-21-8-14(15,16)17/h6,11,18H,5,7-8H2,1-4H3. The molecule has 0 radical (unpaired) electrons. The second-order valence-corrected chi connectivity index (χ2v) is 4.87. The van der Waals surface area contributed by atoms with Crippen molar-refractivity contribution in [3.63, 3.8) is 0 Å². The highest BCUT2D eigenvalue weighted by Crippen LogP contribution is 2.24. The summed E-state index contributed by atoms with van der Waals surface area (Å²) in [6.45, 7) is 2.50. The maximum Gasteiger partial charge on any atom is 0.411 e.